The quantitative estimate of drug-likeness (QED) is 0.868. The number of pyridine rings is 1. The number of piperidine rings is 3. The third-order valence-corrected chi connectivity index (χ3v) is 4.48. The van der Waals surface area contributed by atoms with Crippen molar-refractivity contribution < 1.29 is 9.53 Å². The Morgan fingerprint density at radius 2 is 2.13 bits per heavy atom. The lowest BCUT2D eigenvalue weighted by atomic mass is 9.84. The van der Waals surface area contributed by atoms with E-state index in [-0.39, 0.29) is 11.9 Å². The molecule has 0 radical (unpaired) electrons. The van der Waals surface area contributed by atoms with E-state index in [9.17, 15) is 4.79 Å². The van der Waals surface area contributed by atoms with E-state index in [1.165, 1.54) is 32.2 Å². The van der Waals surface area contributed by atoms with Crippen LogP contribution < -0.4 is 10.1 Å². The molecule has 2 bridgehead atoms. The van der Waals surface area contributed by atoms with Crippen molar-refractivity contribution in [1.29, 1.82) is 0 Å². The molecule has 0 spiro atoms. The molecular formula is C18H27N3O2. The SMILES string of the molecule is C=COc1cnc(C(=O)NC2CN3CCC2CC3)cc1C.CC. The Kier molecular flexibility index (Phi) is 6.16. The van der Waals surface area contributed by atoms with E-state index in [4.69, 9.17) is 4.74 Å². The van der Waals surface area contributed by atoms with Crippen LogP contribution in [0.5, 0.6) is 5.75 Å². The standard InChI is InChI=1S/C16H21N3O2.C2H6/c1-3-21-15-9-17-13(8-11(15)2)16(20)18-14-10-19-6-4-12(14)5-7-19;1-2/h3,8-9,12,14H,1,4-7,10H2,2H3,(H,18,20);1-2H3. The number of aromatic nitrogens is 1. The number of rotatable bonds is 4. The van der Waals surface area contributed by atoms with Crippen LogP contribution in [0, 0.1) is 12.8 Å². The molecule has 3 aliphatic rings. The maximum Gasteiger partial charge on any atom is 0.270 e. The van der Waals surface area contributed by atoms with Gasteiger partial charge in [-0.05, 0) is 50.4 Å². The Balaban J connectivity index is 0.000000924. The molecule has 4 rings (SSSR count). The molecule has 0 aliphatic carbocycles. The van der Waals surface area contributed by atoms with Crippen LogP contribution in [0.4, 0.5) is 0 Å². The van der Waals surface area contributed by atoms with Crippen LogP contribution in [0.25, 0.3) is 0 Å². The summed E-state index contributed by atoms with van der Waals surface area (Å²) in [5, 5.41) is 3.14. The molecule has 1 unspecified atom stereocenters. The van der Waals surface area contributed by atoms with E-state index in [1.54, 1.807) is 12.3 Å². The molecule has 5 nitrogen and oxygen atoms in total. The predicted molar refractivity (Wildman–Crippen MR) is 91.6 cm³/mol. The summed E-state index contributed by atoms with van der Waals surface area (Å²) in [7, 11) is 0. The molecule has 1 atom stereocenters. The fourth-order valence-corrected chi connectivity index (χ4v) is 3.25. The Bertz CT molecular complexity index is 551. The number of amides is 1. The number of ether oxygens (including phenoxy) is 1. The lowest BCUT2D eigenvalue weighted by Crippen LogP contribution is -2.57. The minimum atomic E-state index is -0.0954. The van der Waals surface area contributed by atoms with E-state index in [0.717, 1.165) is 12.1 Å². The molecule has 3 aliphatic heterocycles. The number of nitrogens with zero attached hydrogens (tertiary/aromatic N) is 2. The van der Waals surface area contributed by atoms with Crippen molar-refractivity contribution in [3.05, 3.63) is 36.4 Å². The second-order valence-electron chi connectivity index (χ2n) is 5.84. The fraction of sp³-hybridized carbons (Fsp3) is 0.556. The molecule has 126 valence electrons. The van der Waals surface area contributed by atoms with Gasteiger partial charge >= 0.3 is 0 Å². The summed E-state index contributed by atoms with van der Waals surface area (Å²) in [6.45, 7) is 12.7. The van der Waals surface area contributed by atoms with Crippen LogP contribution in [0.1, 0.15) is 42.7 Å². The molecule has 1 aromatic rings. The highest BCUT2D eigenvalue weighted by atomic mass is 16.5. The first-order valence-corrected chi connectivity index (χ1v) is 8.45. The lowest BCUT2D eigenvalue weighted by Gasteiger charge is -2.44. The van der Waals surface area contributed by atoms with Gasteiger partial charge in [-0.25, -0.2) is 4.98 Å². The summed E-state index contributed by atoms with van der Waals surface area (Å²) in [5.41, 5.74) is 1.32. The highest BCUT2D eigenvalue weighted by Crippen LogP contribution is 2.27. The van der Waals surface area contributed by atoms with Crippen LogP contribution >= 0.6 is 0 Å². The van der Waals surface area contributed by atoms with Gasteiger partial charge in [-0.1, -0.05) is 20.4 Å². The third-order valence-electron chi connectivity index (χ3n) is 4.48. The number of hydrogen-bond acceptors (Lipinski definition) is 4. The summed E-state index contributed by atoms with van der Waals surface area (Å²) in [6, 6.07) is 2.02. The highest BCUT2D eigenvalue weighted by Gasteiger charge is 2.35. The van der Waals surface area contributed by atoms with Crippen molar-refractivity contribution >= 4 is 5.91 Å². The molecule has 0 saturated carbocycles. The predicted octanol–water partition coefficient (Wildman–Crippen LogP) is 2.76. The van der Waals surface area contributed by atoms with Gasteiger partial charge < -0.3 is 15.0 Å². The van der Waals surface area contributed by atoms with Crippen LogP contribution in [-0.2, 0) is 0 Å². The Hall–Kier alpha value is -1.88. The molecule has 23 heavy (non-hydrogen) atoms. The zero-order valence-corrected chi connectivity index (χ0v) is 14.3. The summed E-state index contributed by atoms with van der Waals surface area (Å²) in [4.78, 5) is 19.0. The summed E-state index contributed by atoms with van der Waals surface area (Å²) < 4.78 is 5.22. The van der Waals surface area contributed by atoms with E-state index in [2.05, 4.69) is 21.8 Å². The van der Waals surface area contributed by atoms with Gasteiger partial charge in [-0.2, -0.15) is 0 Å². The number of carbonyl (C=O) groups is 1. The van der Waals surface area contributed by atoms with Gasteiger partial charge in [0.1, 0.15) is 11.4 Å². The molecule has 1 aromatic heterocycles. The van der Waals surface area contributed by atoms with Gasteiger partial charge in [-0.3, -0.25) is 4.79 Å². The largest absolute Gasteiger partial charge is 0.464 e. The molecular weight excluding hydrogens is 290 g/mol. The van der Waals surface area contributed by atoms with Gasteiger partial charge in [0.15, 0.2) is 0 Å². The van der Waals surface area contributed by atoms with Gasteiger partial charge in [0.25, 0.3) is 5.91 Å². The maximum absolute atomic E-state index is 12.4. The molecule has 5 heteroatoms. The molecule has 4 heterocycles. The monoisotopic (exact) mass is 317 g/mol. The number of hydrogen-bond donors (Lipinski definition) is 1. The molecule has 3 fully saturated rings. The zero-order valence-electron chi connectivity index (χ0n) is 14.3. The zero-order chi connectivity index (χ0) is 16.8. The maximum atomic E-state index is 12.4. The van der Waals surface area contributed by atoms with Crippen molar-refractivity contribution in [2.45, 2.75) is 39.7 Å². The van der Waals surface area contributed by atoms with Gasteiger partial charge in [0.05, 0.1) is 12.5 Å². The minimum absolute atomic E-state index is 0.0954. The first kappa shape index (κ1) is 17.5. The fourth-order valence-electron chi connectivity index (χ4n) is 3.25. The number of carbonyl (C=O) groups excluding carboxylic acids is 1. The van der Waals surface area contributed by atoms with Crippen molar-refractivity contribution in [3.8, 4) is 5.75 Å². The topological polar surface area (TPSA) is 54.5 Å². The average molecular weight is 317 g/mol. The van der Waals surface area contributed by atoms with Crippen molar-refractivity contribution in [2.24, 2.45) is 5.92 Å². The van der Waals surface area contributed by atoms with Crippen molar-refractivity contribution in [1.82, 2.24) is 15.2 Å². The third kappa shape index (κ3) is 4.10. The molecule has 1 N–H and O–H groups in total. The summed E-state index contributed by atoms with van der Waals surface area (Å²) in [6.07, 6.45) is 5.30. The number of aryl methyl sites for hydroxylation is 1. The Labute approximate surface area is 138 Å². The van der Waals surface area contributed by atoms with Crippen LogP contribution in [0.3, 0.4) is 0 Å². The van der Waals surface area contributed by atoms with E-state index >= 15 is 0 Å². The van der Waals surface area contributed by atoms with Crippen molar-refractivity contribution in [2.75, 3.05) is 19.6 Å². The average Bonchev–Trinajstić information content (AvgIpc) is 2.59. The van der Waals surface area contributed by atoms with Gasteiger partial charge in [-0.15, -0.1) is 0 Å². The van der Waals surface area contributed by atoms with Gasteiger partial charge in [0.2, 0.25) is 0 Å². The van der Waals surface area contributed by atoms with Crippen LogP contribution in [-0.4, -0.2) is 41.5 Å². The van der Waals surface area contributed by atoms with E-state index < -0.39 is 0 Å². The summed E-state index contributed by atoms with van der Waals surface area (Å²) >= 11 is 0. The molecule has 3 saturated heterocycles. The lowest BCUT2D eigenvalue weighted by molar-refractivity contribution is 0.0617. The number of fused-ring (bicyclic) bond motifs is 3. The van der Waals surface area contributed by atoms with Crippen LogP contribution in [0.2, 0.25) is 0 Å². The molecule has 0 aromatic carbocycles. The number of nitrogens with one attached hydrogen (secondary N) is 1. The highest BCUT2D eigenvalue weighted by molar-refractivity contribution is 5.92. The normalized spacial score (nSPS) is 25.1. The smallest absolute Gasteiger partial charge is 0.270 e. The second-order valence-corrected chi connectivity index (χ2v) is 5.84. The second kappa shape index (κ2) is 8.11. The minimum Gasteiger partial charge on any atom is -0.464 e. The Morgan fingerprint density at radius 1 is 1.43 bits per heavy atom. The van der Waals surface area contributed by atoms with Crippen molar-refractivity contribution in [3.63, 3.8) is 0 Å². The van der Waals surface area contributed by atoms with E-state index in [0.29, 0.717) is 17.4 Å². The Morgan fingerprint density at radius 3 is 2.65 bits per heavy atom. The van der Waals surface area contributed by atoms with Crippen LogP contribution in [0.15, 0.2) is 25.1 Å². The summed E-state index contributed by atoms with van der Waals surface area (Å²) in [5.74, 6) is 1.15. The first-order chi connectivity index (χ1) is 11.2. The first-order valence-electron chi connectivity index (χ1n) is 8.45. The van der Waals surface area contributed by atoms with E-state index in [1.807, 2.05) is 20.8 Å². The molecule has 1 amide bonds. The van der Waals surface area contributed by atoms with Gasteiger partial charge in [0, 0.05) is 12.6 Å².